The first-order chi connectivity index (χ1) is 10.7. The Bertz CT molecular complexity index is 621. The molecule has 2 rings (SSSR count). The monoisotopic (exact) mass is 297 g/mol. The summed E-state index contributed by atoms with van der Waals surface area (Å²) in [6.07, 6.45) is 5.83. The Morgan fingerprint density at radius 3 is 2.59 bits per heavy atom. The standard InChI is InChI=1S/C18H19NO3/c1-2-6-17(18(20)21)22-16-12-11-15(19-13-16)10-9-14-7-4-3-5-8-14/h3-5,7-13,17H,2,6H2,1H3,(H,20,21)/b10-9+/t17-/m1/s1. The topological polar surface area (TPSA) is 59.4 Å². The molecule has 0 aliphatic rings. The quantitative estimate of drug-likeness (QED) is 0.842. The maximum Gasteiger partial charge on any atom is 0.344 e. The minimum Gasteiger partial charge on any atom is -0.479 e. The average Bonchev–Trinajstić information content (AvgIpc) is 2.54. The second-order valence-corrected chi connectivity index (χ2v) is 4.90. The number of nitrogens with zero attached hydrogens (tertiary/aromatic N) is 1. The van der Waals surface area contributed by atoms with Crippen molar-refractivity contribution in [2.45, 2.75) is 25.9 Å². The molecule has 0 amide bonds. The van der Waals surface area contributed by atoms with E-state index in [1.54, 1.807) is 18.3 Å². The van der Waals surface area contributed by atoms with Gasteiger partial charge in [-0.2, -0.15) is 0 Å². The van der Waals surface area contributed by atoms with Crippen LogP contribution in [-0.4, -0.2) is 22.2 Å². The lowest BCUT2D eigenvalue weighted by Gasteiger charge is -2.13. The van der Waals surface area contributed by atoms with Gasteiger partial charge in [-0.15, -0.1) is 0 Å². The lowest BCUT2D eigenvalue weighted by Crippen LogP contribution is -2.26. The Morgan fingerprint density at radius 2 is 2.00 bits per heavy atom. The first-order valence-corrected chi connectivity index (χ1v) is 7.27. The molecule has 22 heavy (non-hydrogen) atoms. The number of ether oxygens (including phenoxy) is 1. The van der Waals surface area contributed by atoms with Crippen LogP contribution in [0.4, 0.5) is 0 Å². The second kappa shape index (κ2) is 7.98. The van der Waals surface area contributed by atoms with Crippen LogP contribution in [0.2, 0.25) is 0 Å². The largest absolute Gasteiger partial charge is 0.479 e. The normalized spacial score (nSPS) is 12.2. The number of carboxylic acids is 1. The summed E-state index contributed by atoms with van der Waals surface area (Å²) in [5.41, 5.74) is 1.89. The van der Waals surface area contributed by atoms with Gasteiger partial charge in [0, 0.05) is 0 Å². The molecule has 0 bridgehead atoms. The van der Waals surface area contributed by atoms with E-state index in [1.807, 2.05) is 49.4 Å². The summed E-state index contributed by atoms with van der Waals surface area (Å²) in [6.45, 7) is 1.93. The summed E-state index contributed by atoms with van der Waals surface area (Å²) in [5.74, 6) is -0.479. The SMILES string of the molecule is CCC[C@@H](Oc1ccc(/C=C/c2ccccc2)nc1)C(=O)O. The van der Waals surface area contributed by atoms with Gasteiger partial charge in [-0.25, -0.2) is 4.79 Å². The van der Waals surface area contributed by atoms with Crippen LogP contribution in [0.3, 0.4) is 0 Å². The zero-order chi connectivity index (χ0) is 15.8. The highest BCUT2D eigenvalue weighted by atomic mass is 16.5. The molecule has 114 valence electrons. The number of benzene rings is 1. The number of hydrogen-bond acceptors (Lipinski definition) is 3. The van der Waals surface area contributed by atoms with Gasteiger partial charge in [-0.3, -0.25) is 4.98 Å². The van der Waals surface area contributed by atoms with E-state index in [4.69, 9.17) is 9.84 Å². The maximum atomic E-state index is 11.1. The summed E-state index contributed by atoms with van der Waals surface area (Å²) < 4.78 is 5.45. The van der Waals surface area contributed by atoms with Crippen molar-refractivity contribution in [2.24, 2.45) is 0 Å². The number of rotatable bonds is 7. The van der Waals surface area contributed by atoms with Gasteiger partial charge >= 0.3 is 5.97 Å². The Hall–Kier alpha value is -2.62. The van der Waals surface area contributed by atoms with Crippen molar-refractivity contribution in [1.29, 1.82) is 0 Å². The van der Waals surface area contributed by atoms with E-state index in [-0.39, 0.29) is 0 Å². The predicted octanol–water partition coefficient (Wildman–Crippen LogP) is 3.88. The average molecular weight is 297 g/mol. The van der Waals surface area contributed by atoms with E-state index in [2.05, 4.69) is 4.98 Å². The van der Waals surface area contributed by atoms with Crippen molar-refractivity contribution < 1.29 is 14.6 Å². The molecule has 2 aromatic rings. The molecule has 0 aliphatic carbocycles. The highest BCUT2D eigenvalue weighted by molar-refractivity contribution is 5.72. The number of aliphatic carboxylic acids is 1. The lowest BCUT2D eigenvalue weighted by molar-refractivity contribution is -0.145. The number of carbonyl (C=O) groups is 1. The van der Waals surface area contributed by atoms with Gasteiger partial charge in [0.05, 0.1) is 11.9 Å². The van der Waals surface area contributed by atoms with E-state index in [1.165, 1.54) is 0 Å². The summed E-state index contributed by atoms with van der Waals surface area (Å²) in [5, 5.41) is 9.07. The number of aromatic nitrogens is 1. The highest BCUT2D eigenvalue weighted by Gasteiger charge is 2.18. The third kappa shape index (κ3) is 4.74. The minimum atomic E-state index is -0.949. The van der Waals surface area contributed by atoms with Crippen molar-refractivity contribution in [3.63, 3.8) is 0 Å². The molecule has 1 N–H and O–H groups in total. The Labute approximate surface area is 130 Å². The van der Waals surface area contributed by atoms with Crippen molar-refractivity contribution in [2.75, 3.05) is 0 Å². The summed E-state index contributed by atoms with van der Waals surface area (Å²) in [6, 6.07) is 13.5. The number of hydrogen-bond donors (Lipinski definition) is 1. The molecule has 1 atom stereocenters. The fourth-order valence-corrected chi connectivity index (χ4v) is 1.97. The minimum absolute atomic E-state index is 0.470. The van der Waals surface area contributed by atoms with Crippen LogP contribution in [0.5, 0.6) is 5.75 Å². The summed E-state index contributed by atoms with van der Waals surface area (Å²) >= 11 is 0. The van der Waals surface area contributed by atoms with Crippen LogP contribution in [-0.2, 0) is 4.79 Å². The van der Waals surface area contributed by atoms with Gasteiger partial charge in [-0.05, 0) is 30.2 Å². The van der Waals surface area contributed by atoms with Crippen molar-refractivity contribution >= 4 is 18.1 Å². The number of carboxylic acid groups (broad SMARTS) is 1. The molecule has 4 nitrogen and oxygen atoms in total. The molecule has 0 aliphatic heterocycles. The molecule has 1 aromatic carbocycles. The maximum absolute atomic E-state index is 11.1. The lowest BCUT2D eigenvalue weighted by atomic mass is 10.2. The first-order valence-electron chi connectivity index (χ1n) is 7.27. The molecule has 4 heteroatoms. The first kappa shape index (κ1) is 15.8. The molecule has 0 fully saturated rings. The van der Waals surface area contributed by atoms with Crippen LogP contribution in [0.1, 0.15) is 31.0 Å². The summed E-state index contributed by atoms with van der Waals surface area (Å²) in [4.78, 5) is 15.3. The van der Waals surface area contributed by atoms with E-state index < -0.39 is 12.1 Å². The van der Waals surface area contributed by atoms with Gasteiger partial charge in [0.25, 0.3) is 0 Å². The molecule has 0 spiro atoms. The third-order valence-corrected chi connectivity index (χ3v) is 3.11. The smallest absolute Gasteiger partial charge is 0.344 e. The fraction of sp³-hybridized carbons (Fsp3) is 0.222. The van der Waals surface area contributed by atoms with Gasteiger partial charge in [-0.1, -0.05) is 49.8 Å². The van der Waals surface area contributed by atoms with Gasteiger partial charge < -0.3 is 9.84 Å². The summed E-state index contributed by atoms with van der Waals surface area (Å²) in [7, 11) is 0. The number of pyridine rings is 1. The van der Waals surface area contributed by atoms with Gasteiger partial charge in [0.2, 0.25) is 0 Å². The van der Waals surface area contributed by atoms with Gasteiger partial charge in [0.15, 0.2) is 6.10 Å². The molecule has 1 heterocycles. The van der Waals surface area contributed by atoms with E-state index in [0.29, 0.717) is 12.2 Å². The molecular formula is C18H19NO3. The van der Waals surface area contributed by atoms with Crippen LogP contribution in [0, 0.1) is 0 Å². The zero-order valence-electron chi connectivity index (χ0n) is 12.5. The van der Waals surface area contributed by atoms with Crippen molar-refractivity contribution in [3.05, 3.63) is 59.9 Å². The van der Waals surface area contributed by atoms with E-state index in [9.17, 15) is 4.79 Å². The highest BCUT2D eigenvalue weighted by Crippen LogP contribution is 2.15. The van der Waals surface area contributed by atoms with E-state index in [0.717, 1.165) is 17.7 Å². The fourth-order valence-electron chi connectivity index (χ4n) is 1.97. The van der Waals surface area contributed by atoms with Crippen LogP contribution >= 0.6 is 0 Å². The van der Waals surface area contributed by atoms with Crippen LogP contribution in [0.25, 0.3) is 12.2 Å². The van der Waals surface area contributed by atoms with Gasteiger partial charge in [0.1, 0.15) is 5.75 Å². The molecule has 0 unspecified atom stereocenters. The molecule has 0 saturated carbocycles. The van der Waals surface area contributed by atoms with Crippen LogP contribution < -0.4 is 4.74 Å². The van der Waals surface area contributed by atoms with E-state index >= 15 is 0 Å². The van der Waals surface area contributed by atoms with Crippen LogP contribution in [0.15, 0.2) is 48.7 Å². The molecule has 1 aromatic heterocycles. The molecule has 0 radical (unpaired) electrons. The second-order valence-electron chi connectivity index (χ2n) is 4.90. The zero-order valence-corrected chi connectivity index (χ0v) is 12.5. The predicted molar refractivity (Wildman–Crippen MR) is 86.6 cm³/mol. The molecule has 0 saturated heterocycles. The Kier molecular flexibility index (Phi) is 5.72. The third-order valence-electron chi connectivity index (χ3n) is 3.11. The molecular weight excluding hydrogens is 278 g/mol. The van der Waals surface area contributed by atoms with Crippen molar-refractivity contribution in [3.8, 4) is 5.75 Å². The Balaban J connectivity index is 2.01. The van der Waals surface area contributed by atoms with Crippen molar-refractivity contribution in [1.82, 2.24) is 4.98 Å². The Morgan fingerprint density at radius 1 is 1.23 bits per heavy atom.